The molecule has 0 amide bonds. The van der Waals surface area contributed by atoms with E-state index in [1.165, 1.54) is 0 Å². The van der Waals surface area contributed by atoms with Gasteiger partial charge in [0.2, 0.25) is 0 Å². The maximum Gasteiger partial charge on any atom is 0.457 e. The molecule has 1 nitrogen and oxygen atoms in total. The van der Waals surface area contributed by atoms with Crippen LogP contribution in [0.5, 0.6) is 0 Å². The molecule has 0 radical (unpaired) electrons. The second kappa shape index (κ2) is 7.12. The number of halogens is 13. The maximum atomic E-state index is 14.3. The van der Waals surface area contributed by atoms with Gasteiger partial charge in [-0.1, -0.05) is 15.9 Å². The fraction of sp³-hybridized carbons (Fsp3) is 0.500. The van der Waals surface area contributed by atoms with Crippen LogP contribution in [0, 0.1) is 0 Å². The van der Waals surface area contributed by atoms with E-state index in [0.717, 1.165) is 0 Å². The lowest BCUT2D eigenvalue weighted by atomic mass is 9.88. The van der Waals surface area contributed by atoms with Crippen LogP contribution in [0.4, 0.5) is 52.7 Å². The SMILES string of the molecule is O=S(c1cc(Br)cc(C(F)(C(F)(F)F)C(F)(F)C(F)(F)F)c1)C(F)(F)CF. The Hall–Kier alpha value is -0.990. The molecule has 0 aromatic heterocycles. The minimum absolute atomic E-state index is 0.179. The zero-order valence-corrected chi connectivity index (χ0v) is 14.6. The van der Waals surface area contributed by atoms with E-state index in [1.807, 2.05) is 0 Å². The van der Waals surface area contributed by atoms with Crippen LogP contribution in [0.15, 0.2) is 27.6 Å². The first-order valence-electron chi connectivity index (χ1n) is 6.20. The fourth-order valence-corrected chi connectivity index (χ4v) is 3.37. The number of hydrogen-bond donors (Lipinski definition) is 0. The maximum absolute atomic E-state index is 14.3. The molecular formula is C12H5BrF12OS. The normalized spacial score (nSPS) is 17.5. The van der Waals surface area contributed by atoms with Crippen molar-refractivity contribution < 1.29 is 56.9 Å². The van der Waals surface area contributed by atoms with Gasteiger partial charge in [-0.05, 0) is 18.2 Å². The molecule has 0 fully saturated rings. The highest BCUT2D eigenvalue weighted by Crippen LogP contribution is 2.58. The molecule has 1 aromatic carbocycles. The highest BCUT2D eigenvalue weighted by molar-refractivity contribution is 9.10. The summed E-state index contributed by atoms with van der Waals surface area (Å²) >= 11 is 2.31. The topological polar surface area (TPSA) is 17.1 Å². The smallest absolute Gasteiger partial charge is 0.248 e. The van der Waals surface area contributed by atoms with E-state index in [1.54, 1.807) is 0 Å². The lowest BCUT2D eigenvalue weighted by Crippen LogP contribution is -2.59. The van der Waals surface area contributed by atoms with E-state index in [4.69, 9.17) is 0 Å². The van der Waals surface area contributed by atoms with Gasteiger partial charge in [-0.3, -0.25) is 0 Å². The van der Waals surface area contributed by atoms with Crippen molar-refractivity contribution in [3.05, 3.63) is 28.2 Å². The predicted octanol–water partition coefficient (Wildman–Crippen LogP) is 6.04. The van der Waals surface area contributed by atoms with Gasteiger partial charge in [0.05, 0.1) is 0 Å². The van der Waals surface area contributed by atoms with Crippen LogP contribution < -0.4 is 0 Å². The standard InChI is InChI=1S/C12H5BrF12OS/c13-6-1-5(2-7(3-6)27(26)8(15,16)4-14)9(17,11(20,21)22)10(18,19)12(23,24)25/h1-3H,4H2. The average Bonchev–Trinajstić information content (AvgIpc) is 2.50. The Balaban J connectivity index is 3.81. The molecule has 15 heteroatoms. The quantitative estimate of drug-likeness (QED) is 0.446. The molecule has 1 rings (SSSR count). The Bertz CT molecular complexity index is 728. The highest BCUT2D eigenvalue weighted by Gasteiger charge is 2.81. The van der Waals surface area contributed by atoms with Crippen molar-refractivity contribution in [1.29, 1.82) is 0 Å². The number of alkyl halides is 12. The van der Waals surface area contributed by atoms with Gasteiger partial charge in [-0.25, -0.2) is 13.0 Å². The highest BCUT2D eigenvalue weighted by atomic mass is 79.9. The number of rotatable bonds is 5. The van der Waals surface area contributed by atoms with Crippen molar-refractivity contribution in [2.24, 2.45) is 0 Å². The molecule has 0 heterocycles. The van der Waals surface area contributed by atoms with Gasteiger partial charge in [0.1, 0.15) is 10.8 Å². The van der Waals surface area contributed by atoms with Crippen LogP contribution in [0.2, 0.25) is 0 Å². The Morgan fingerprint density at radius 3 is 1.67 bits per heavy atom. The summed E-state index contributed by atoms with van der Waals surface area (Å²) in [6.45, 7) is -2.60. The van der Waals surface area contributed by atoms with Gasteiger partial charge < -0.3 is 0 Å². The number of benzene rings is 1. The molecule has 1 aromatic rings. The van der Waals surface area contributed by atoms with E-state index < -0.39 is 67.7 Å². The monoisotopic (exact) mass is 504 g/mol. The van der Waals surface area contributed by atoms with Crippen molar-refractivity contribution in [2.45, 2.75) is 34.1 Å². The first-order chi connectivity index (χ1) is 11.8. The van der Waals surface area contributed by atoms with Crippen molar-refractivity contribution in [3.63, 3.8) is 0 Å². The average molecular weight is 505 g/mol. The molecule has 0 aliphatic carbocycles. The van der Waals surface area contributed by atoms with Gasteiger partial charge in [0.25, 0.3) is 0 Å². The largest absolute Gasteiger partial charge is 0.457 e. The summed E-state index contributed by atoms with van der Waals surface area (Å²) in [5.41, 5.74) is -8.86. The Kier molecular flexibility index (Phi) is 6.34. The zero-order valence-electron chi connectivity index (χ0n) is 12.2. The molecule has 27 heavy (non-hydrogen) atoms. The molecule has 0 aliphatic rings. The van der Waals surface area contributed by atoms with Gasteiger partial charge in [-0.15, -0.1) is 0 Å². The van der Waals surface area contributed by atoms with Crippen molar-refractivity contribution in [1.82, 2.24) is 0 Å². The van der Waals surface area contributed by atoms with E-state index in [9.17, 15) is 56.9 Å². The van der Waals surface area contributed by atoms with Crippen LogP contribution in [0.25, 0.3) is 0 Å². The van der Waals surface area contributed by atoms with Gasteiger partial charge in [0, 0.05) is 14.9 Å². The zero-order chi connectivity index (χ0) is 21.6. The molecule has 0 spiro atoms. The molecule has 0 aliphatic heterocycles. The Morgan fingerprint density at radius 1 is 0.815 bits per heavy atom. The molecule has 0 bridgehead atoms. The molecule has 0 saturated carbocycles. The third-order valence-corrected chi connectivity index (χ3v) is 4.86. The minimum atomic E-state index is -7.04. The Labute approximate surface area is 153 Å². The van der Waals surface area contributed by atoms with Crippen molar-refractivity contribution in [2.75, 3.05) is 6.67 Å². The van der Waals surface area contributed by atoms with E-state index in [2.05, 4.69) is 15.9 Å². The molecule has 0 saturated heterocycles. The van der Waals surface area contributed by atoms with Crippen LogP contribution in [0.3, 0.4) is 0 Å². The second-order valence-corrected chi connectivity index (χ2v) is 7.47. The summed E-state index contributed by atoms with van der Waals surface area (Å²) in [7, 11) is -3.82. The third kappa shape index (κ3) is 4.07. The summed E-state index contributed by atoms with van der Waals surface area (Å²) in [5, 5.41) is -4.72. The summed E-state index contributed by atoms with van der Waals surface area (Å²) in [6.07, 6.45) is -13.9. The lowest BCUT2D eigenvalue weighted by molar-refractivity contribution is -0.389. The van der Waals surface area contributed by atoms with Crippen LogP contribution >= 0.6 is 15.9 Å². The lowest BCUT2D eigenvalue weighted by Gasteiger charge is -2.36. The van der Waals surface area contributed by atoms with Crippen LogP contribution in [0.1, 0.15) is 5.56 Å². The summed E-state index contributed by atoms with van der Waals surface area (Å²) in [4.78, 5) is -1.51. The van der Waals surface area contributed by atoms with Crippen LogP contribution in [-0.4, -0.2) is 34.4 Å². The minimum Gasteiger partial charge on any atom is -0.248 e. The third-order valence-electron chi connectivity index (χ3n) is 3.09. The van der Waals surface area contributed by atoms with Gasteiger partial charge in [0.15, 0.2) is 6.67 Å². The van der Waals surface area contributed by atoms with E-state index in [0.29, 0.717) is 6.07 Å². The fourth-order valence-electron chi connectivity index (χ4n) is 1.81. The first-order valence-corrected chi connectivity index (χ1v) is 8.14. The molecule has 0 N–H and O–H groups in total. The predicted molar refractivity (Wildman–Crippen MR) is 71.3 cm³/mol. The van der Waals surface area contributed by atoms with Crippen molar-refractivity contribution >= 4 is 26.7 Å². The second-order valence-electron chi connectivity index (χ2n) is 4.94. The van der Waals surface area contributed by atoms with E-state index in [-0.39, 0.29) is 6.07 Å². The summed E-state index contributed by atoms with van der Waals surface area (Å²) < 4.78 is 166. The van der Waals surface area contributed by atoms with Crippen LogP contribution in [-0.2, 0) is 16.5 Å². The number of hydrogen-bond acceptors (Lipinski definition) is 1. The summed E-state index contributed by atoms with van der Waals surface area (Å²) in [5.74, 6) is -7.04. The molecule has 156 valence electrons. The molecular weight excluding hydrogens is 500 g/mol. The Morgan fingerprint density at radius 2 is 1.30 bits per heavy atom. The van der Waals surface area contributed by atoms with E-state index >= 15 is 0 Å². The van der Waals surface area contributed by atoms with Gasteiger partial charge >= 0.3 is 29.2 Å². The van der Waals surface area contributed by atoms with Crippen molar-refractivity contribution in [3.8, 4) is 0 Å². The summed E-state index contributed by atoms with van der Waals surface area (Å²) in [6, 6.07) is -0.370. The first kappa shape index (κ1) is 24.0. The molecule has 2 unspecified atom stereocenters. The molecule has 2 atom stereocenters. The van der Waals surface area contributed by atoms with Gasteiger partial charge in [-0.2, -0.15) is 43.9 Å².